The number of aromatic nitrogens is 5. The van der Waals surface area contributed by atoms with Gasteiger partial charge in [0.1, 0.15) is 5.82 Å². The van der Waals surface area contributed by atoms with Crippen molar-refractivity contribution in [2.75, 3.05) is 11.9 Å². The molecular weight excluding hydrogens is 280 g/mol. The van der Waals surface area contributed by atoms with Gasteiger partial charge in [0.2, 0.25) is 0 Å². The quantitative estimate of drug-likeness (QED) is 0.931. The molecule has 2 heterocycles. The van der Waals surface area contributed by atoms with Gasteiger partial charge in [-0.3, -0.25) is 0 Å². The van der Waals surface area contributed by atoms with E-state index < -0.39 is 0 Å². The van der Waals surface area contributed by atoms with Gasteiger partial charge in [-0.05, 0) is 48.7 Å². The predicted molar refractivity (Wildman–Crippen MR) is 81.5 cm³/mol. The topological polar surface area (TPSA) is 77.2 Å². The summed E-state index contributed by atoms with van der Waals surface area (Å²) in [5.74, 6) is 0.838. The average molecular weight is 302 g/mol. The van der Waals surface area contributed by atoms with Crippen LogP contribution < -0.4 is 5.32 Å². The summed E-state index contributed by atoms with van der Waals surface area (Å²) >= 11 is 0. The Morgan fingerprint density at radius 1 is 1.32 bits per heavy atom. The van der Waals surface area contributed by atoms with Crippen molar-refractivity contribution in [2.45, 2.75) is 57.6 Å². The molecule has 7 heteroatoms. The molecule has 0 saturated heterocycles. The molecule has 0 bridgehead atoms. The second kappa shape index (κ2) is 5.46. The van der Waals surface area contributed by atoms with Gasteiger partial charge in [-0.2, -0.15) is 0 Å². The third kappa shape index (κ3) is 2.15. The first-order valence-corrected chi connectivity index (χ1v) is 8.25. The number of hydrogen-bond acceptors (Lipinski definition) is 6. The van der Waals surface area contributed by atoms with Crippen molar-refractivity contribution in [2.24, 2.45) is 5.41 Å². The Morgan fingerprint density at radius 2 is 2.18 bits per heavy atom. The van der Waals surface area contributed by atoms with Crippen molar-refractivity contribution in [3.8, 4) is 0 Å². The zero-order valence-electron chi connectivity index (χ0n) is 12.9. The number of hydrogen-bond donors (Lipinski definition) is 1. The highest BCUT2D eigenvalue weighted by Gasteiger charge is 2.55. The van der Waals surface area contributed by atoms with Crippen LogP contribution in [0.15, 0.2) is 12.1 Å². The number of rotatable bonds is 4. The van der Waals surface area contributed by atoms with Gasteiger partial charge in [0.25, 0.3) is 0 Å². The number of fused-ring (bicyclic) bond motifs is 1. The lowest BCUT2D eigenvalue weighted by Gasteiger charge is -2.57. The largest absolute Gasteiger partial charge is 0.378 e. The molecule has 1 spiro atoms. The lowest BCUT2D eigenvalue weighted by Crippen LogP contribution is -2.62. The van der Waals surface area contributed by atoms with Crippen LogP contribution in [0.4, 0.5) is 5.82 Å². The van der Waals surface area contributed by atoms with Gasteiger partial charge in [0.15, 0.2) is 5.65 Å². The van der Waals surface area contributed by atoms with E-state index in [1.807, 2.05) is 12.1 Å². The molecule has 2 aliphatic rings. The standard InChI is InChI=1S/C15H22N6O/c1-2-22-12-10-11(15(12)8-4-3-5-9-15)16-13-6-7-14-17-19-20-21(14)18-13/h6-7,11-12H,2-5,8-10H2,1H3,(H,16,18)/t11-,12+/m1/s1. The maximum Gasteiger partial charge on any atom is 0.200 e. The molecule has 118 valence electrons. The van der Waals surface area contributed by atoms with Crippen molar-refractivity contribution < 1.29 is 4.74 Å². The maximum atomic E-state index is 6.00. The lowest BCUT2D eigenvalue weighted by molar-refractivity contribution is -0.134. The number of nitrogens with one attached hydrogen (secondary N) is 1. The van der Waals surface area contributed by atoms with Gasteiger partial charge in [0.05, 0.1) is 6.10 Å². The molecule has 2 aromatic heterocycles. The minimum atomic E-state index is 0.283. The first-order valence-electron chi connectivity index (χ1n) is 8.25. The average Bonchev–Trinajstić information content (AvgIpc) is 3.02. The summed E-state index contributed by atoms with van der Waals surface area (Å²) in [5, 5.41) is 19.4. The van der Waals surface area contributed by atoms with Crippen LogP contribution in [0.2, 0.25) is 0 Å². The summed E-state index contributed by atoms with van der Waals surface area (Å²) in [4.78, 5) is 0. The summed E-state index contributed by atoms with van der Waals surface area (Å²) < 4.78 is 7.47. The molecule has 2 aromatic rings. The van der Waals surface area contributed by atoms with Crippen LogP contribution in [0, 0.1) is 5.41 Å². The Labute approximate surface area is 129 Å². The van der Waals surface area contributed by atoms with E-state index in [0.29, 0.717) is 17.8 Å². The Morgan fingerprint density at radius 3 is 3.00 bits per heavy atom. The van der Waals surface area contributed by atoms with Gasteiger partial charge in [-0.15, -0.1) is 14.8 Å². The zero-order valence-corrected chi connectivity index (χ0v) is 12.9. The molecular formula is C15H22N6O. The highest BCUT2D eigenvalue weighted by molar-refractivity contribution is 5.44. The van der Waals surface area contributed by atoms with Crippen molar-refractivity contribution in [1.82, 2.24) is 25.3 Å². The molecule has 2 aliphatic carbocycles. The van der Waals surface area contributed by atoms with Crippen LogP contribution in [0.5, 0.6) is 0 Å². The van der Waals surface area contributed by atoms with Crippen LogP contribution in [-0.2, 0) is 4.74 Å². The van der Waals surface area contributed by atoms with Crippen LogP contribution in [0.1, 0.15) is 45.4 Å². The first kappa shape index (κ1) is 13.9. The van der Waals surface area contributed by atoms with Gasteiger partial charge < -0.3 is 10.1 Å². The van der Waals surface area contributed by atoms with Gasteiger partial charge in [-0.25, -0.2) is 0 Å². The smallest absolute Gasteiger partial charge is 0.200 e. The molecule has 0 radical (unpaired) electrons. The Bertz CT molecular complexity index is 650. The number of ether oxygens (including phenoxy) is 1. The second-order valence-electron chi connectivity index (χ2n) is 6.42. The summed E-state index contributed by atoms with van der Waals surface area (Å²) in [7, 11) is 0. The van der Waals surface area contributed by atoms with Crippen LogP contribution in [-0.4, -0.2) is 44.0 Å². The maximum absolute atomic E-state index is 6.00. The molecule has 0 aromatic carbocycles. The molecule has 2 atom stereocenters. The molecule has 1 N–H and O–H groups in total. The normalized spacial score (nSPS) is 27.0. The number of tetrazole rings is 1. The van der Waals surface area contributed by atoms with Crippen molar-refractivity contribution >= 4 is 11.5 Å². The van der Waals surface area contributed by atoms with E-state index in [9.17, 15) is 0 Å². The Balaban J connectivity index is 1.53. The SMILES string of the molecule is CCO[C@H]1C[C@@H](Nc2ccc3nnnn3n2)C12CCCCC2. The highest BCUT2D eigenvalue weighted by atomic mass is 16.5. The van der Waals surface area contributed by atoms with E-state index in [-0.39, 0.29) is 5.41 Å². The number of anilines is 1. The van der Waals surface area contributed by atoms with Crippen LogP contribution in [0.25, 0.3) is 5.65 Å². The van der Waals surface area contributed by atoms with Gasteiger partial charge in [-0.1, -0.05) is 19.3 Å². The van der Waals surface area contributed by atoms with E-state index in [4.69, 9.17) is 4.74 Å². The van der Waals surface area contributed by atoms with Crippen molar-refractivity contribution in [3.05, 3.63) is 12.1 Å². The van der Waals surface area contributed by atoms with Crippen molar-refractivity contribution in [3.63, 3.8) is 0 Å². The Hall–Kier alpha value is -1.76. The zero-order chi connectivity index (χ0) is 15.0. The monoisotopic (exact) mass is 302 g/mol. The van der Waals surface area contributed by atoms with Gasteiger partial charge in [0, 0.05) is 18.1 Å². The van der Waals surface area contributed by atoms with E-state index >= 15 is 0 Å². The fraction of sp³-hybridized carbons (Fsp3) is 0.733. The summed E-state index contributed by atoms with van der Waals surface area (Å²) in [5.41, 5.74) is 0.949. The van der Waals surface area contributed by atoms with E-state index in [1.165, 1.54) is 36.7 Å². The van der Waals surface area contributed by atoms with E-state index in [0.717, 1.165) is 18.8 Å². The van der Waals surface area contributed by atoms with Crippen molar-refractivity contribution in [1.29, 1.82) is 0 Å². The van der Waals surface area contributed by atoms with E-state index in [2.05, 4.69) is 32.9 Å². The molecule has 2 saturated carbocycles. The molecule has 2 fully saturated rings. The summed E-state index contributed by atoms with van der Waals surface area (Å²) in [6.07, 6.45) is 7.92. The molecule has 0 unspecified atom stereocenters. The van der Waals surface area contributed by atoms with E-state index in [1.54, 1.807) is 0 Å². The first-order chi connectivity index (χ1) is 10.8. The molecule has 0 amide bonds. The number of nitrogens with zero attached hydrogens (tertiary/aromatic N) is 5. The second-order valence-corrected chi connectivity index (χ2v) is 6.42. The summed E-state index contributed by atoms with van der Waals surface area (Å²) in [6, 6.07) is 4.28. The third-order valence-corrected chi connectivity index (χ3v) is 5.33. The molecule has 7 nitrogen and oxygen atoms in total. The molecule has 0 aliphatic heterocycles. The van der Waals surface area contributed by atoms with Crippen LogP contribution in [0.3, 0.4) is 0 Å². The van der Waals surface area contributed by atoms with Crippen LogP contribution >= 0.6 is 0 Å². The minimum Gasteiger partial charge on any atom is -0.378 e. The fourth-order valence-electron chi connectivity index (χ4n) is 4.17. The minimum absolute atomic E-state index is 0.283. The van der Waals surface area contributed by atoms with Gasteiger partial charge >= 0.3 is 0 Å². The summed E-state index contributed by atoms with van der Waals surface area (Å²) in [6.45, 7) is 2.89. The Kier molecular flexibility index (Phi) is 3.44. The third-order valence-electron chi connectivity index (χ3n) is 5.33. The molecule has 22 heavy (non-hydrogen) atoms. The highest BCUT2D eigenvalue weighted by Crippen LogP contribution is 2.54. The predicted octanol–water partition coefficient (Wildman–Crippen LogP) is 2.06. The lowest BCUT2D eigenvalue weighted by atomic mass is 9.55. The molecule has 4 rings (SSSR count). The fourth-order valence-corrected chi connectivity index (χ4v) is 4.17.